The van der Waals surface area contributed by atoms with Gasteiger partial charge in [-0.2, -0.15) is 4.39 Å². The number of benzene rings is 2. The fourth-order valence-electron chi connectivity index (χ4n) is 3.78. The highest BCUT2D eigenvalue weighted by atomic mass is 19.2. The quantitative estimate of drug-likeness (QED) is 0.217. The molecule has 33 heavy (non-hydrogen) atoms. The highest BCUT2D eigenvalue weighted by Crippen LogP contribution is 2.32. The third kappa shape index (κ3) is 9.30. The van der Waals surface area contributed by atoms with E-state index >= 15 is 0 Å². The van der Waals surface area contributed by atoms with Crippen LogP contribution in [0.25, 0.3) is 11.1 Å². The van der Waals surface area contributed by atoms with Gasteiger partial charge in [0.05, 0.1) is 13.2 Å². The Morgan fingerprint density at radius 3 is 1.67 bits per heavy atom. The molecule has 0 spiro atoms. The first kappa shape index (κ1) is 27.1. The van der Waals surface area contributed by atoms with Gasteiger partial charge in [-0.15, -0.1) is 0 Å². The van der Waals surface area contributed by atoms with Gasteiger partial charge in [0.15, 0.2) is 23.1 Å². The first-order valence-corrected chi connectivity index (χ1v) is 12.6. The molecule has 0 saturated carbocycles. The second kappa shape index (κ2) is 15.6. The van der Waals surface area contributed by atoms with Crippen molar-refractivity contribution in [1.29, 1.82) is 0 Å². The van der Waals surface area contributed by atoms with Crippen molar-refractivity contribution in [2.24, 2.45) is 0 Å². The number of halogens is 3. The average molecular weight is 465 g/mol. The largest absolute Gasteiger partial charge is 0.491 e. The van der Waals surface area contributed by atoms with Crippen LogP contribution < -0.4 is 9.47 Å². The highest BCUT2D eigenvalue weighted by molar-refractivity contribution is 5.66. The Morgan fingerprint density at radius 2 is 1.09 bits per heavy atom. The summed E-state index contributed by atoms with van der Waals surface area (Å²) < 4.78 is 54.6. The van der Waals surface area contributed by atoms with E-state index in [1.54, 1.807) is 6.07 Å². The summed E-state index contributed by atoms with van der Waals surface area (Å²) in [6.45, 7) is 5.13. The normalized spacial score (nSPS) is 11.1. The van der Waals surface area contributed by atoms with Crippen molar-refractivity contribution in [2.45, 2.75) is 90.9 Å². The zero-order valence-electron chi connectivity index (χ0n) is 20.2. The second-order valence-electron chi connectivity index (χ2n) is 8.62. The predicted molar refractivity (Wildman–Crippen MR) is 129 cm³/mol. The van der Waals surface area contributed by atoms with Crippen LogP contribution in [0.1, 0.15) is 90.9 Å². The van der Waals surface area contributed by atoms with Crippen molar-refractivity contribution in [2.75, 3.05) is 13.2 Å². The van der Waals surface area contributed by atoms with Crippen LogP contribution >= 0.6 is 0 Å². The zero-order chi connectivity index (χ0) is 23.9. The fourth-order valence-corrected chi connectivity index (χ4v) is 3.78. The summed E-state index contributed by atoms with van der Waals surface area (Å²) in [6, 6.07) is 7.05. The summed E-state index contributed by atoms with van der Waals surface area (Å²) in [5.74, 6) is -2.63. The minimum absolute atomic E-state index is 0.000731. The minimum atomic E-state index is -1.04. The molecule has 0 aromatic heterocycles. The number of hydrogen-bond donors (Lipinski definition) is 0. The van der Waals surface area contributed by atoms with Crippen LogP contribution in [0.3, 0.4) is 0 Å². The molecule has 0 radical (unpaired) electrons. The van der Waals surface area contributed by atoms with E-state index in [9.17, 15) is 13.2 Å². The number of rotatable bonds is 17. The van der Waals surface area contributed by atoms with Crippen molar-refractivity contribution in [3.05, 3.63) is 47.8 Å². The molecule has 0 amide bonds. The van der Waals surface area contributed by atoms with Crippen LogP contribution in [-0.4, -0.2) is 13.2 Å². The van der Waals surface area contributed by atoms with Crippen molar-refractivity contribution < 1.29 is 22.6 Å². The standard InChI is InChI=1S/C28H39F3O2/c1-3-5-7-9-11-13-19-32-25-17-15-22(21-24(25)29)23-16-18-26(28(31)27(23)30)33-20-14-12-10-8-6-4-2/h15-18,21H,3-14,19-20H2,1-2H3. The molecular formula is C28H39F3O2. The van der Waals surface area contributed by atoms with Gasteiger partial charge < -0.3 is 9.47 Å². The maximum atomic E-state index is 14.7. The maximum Gasteiger partial charge on any atom is 0.201 e. The number of hydrogen-bond acceptors (Lipinski definition) is 2. The highest BCUT2D eigenvalue weighted by Gasteiger charge is 2.17. The molecule has 2 aromatic carbocycles. The second-order valence-corrected chi connectivity index (χ2v) is 8.62. The van der Waals surface area contributed by atoms with E-state index in [1.165, 1.54) is 62.8 Å². The summed E-state index contributed by atoms with van der Waals surface area (Å²) in [4.78, 5) is 0. The maximum absolute atomic E-state index is 14.7. The Balaban J connectivity index is 1.87. The van der Waals surface area contributed by atoms with E-state index in [-0.39, 0.29) is 22.6 Å². The molecule has 184 valence electrons. The Morgan fingerprint density at radius 1 is 0.576 bits per heavy atom. The molecule has 2 aromatic rings. The molecular weight excluding hydrogens is 425 g/mol. The molecule has 0 bridgehead atoms. The fraction of sp³-hybridized carbons (Fsp3) is 0.571. The summed E-state index contributed by atoms with van der Waals surface area (Å²) in [7, 11) is 0. The summed E-state index contributed by atoms with van der Waals surface area (Å²) in [6.07, 6.45) is 13.3. The molecule has 0 unspecified atom stereocenters. The molecule has 0 aliphatic heterocycles. The summed E-state index contributed by atoms with van der Waals surface area (Å²) >= 11 is 0. The summed E-state index contributed by atoms with van der Waals surface area (Å²) in [5.41, 5.74) is 0.263. The Kier molecular flexibility index (Phi) is 12.8. The molecule has 0 aliphatic rings. The van der Waals surface area contributed by atoms with Crippen LogP contribution in [0, 0.1) is 17.5 Å². The third-order valence-electron chi connectivity index (χ3n) is 5.80. The Labute approximate surface area is 197 Å². The van der Waals surface area contributed by atoms with Gasteiger partial charge in [0.1, 0.15) is 0 Å². The predicted octanol–water partition coefficient (Wildman–Crippen LogP) is 9.25. The molecule has 2 rings (SSSR count). The van der Waals surface area contributed by atoms with Gasteiger partial charge in [0, 0.05) is 5.56 Å². The van der Waals surface area contributed by atoms with E-state index in [4.69, 9.17) is 9.47 Å². The van der Waals surface area contributed by atoms with Gasteiger partial charge in [-0.1, -0.05) is 84.1 Å². The third-order valence-corrected chi connectivity index (χ3v) is 5.80. The SMILES string of the molecule is CCCCCCCCOc1ccc(-c2ccc(OCCCCCCCC)c(F)c2F)cc1F. The average Bonchev–Trinajstić information content (AvgIpc) is 2.81. The van der Waals surface area contributed by atoms with Crippen LogP contribution in [0.15, 0.2) is 30.3 Å². The van der Waals surface area contributed by atoms with Gasteiger partial charge in [-0.25, -0.2) is 8.78 Å². The van der Waals surface area contributed by atoms with E-state index in [2.05, 4.69) is 13.8 Å². The lowest BCUT2D eigenvalue weighted by Gasteiger charge is -2.12. The molecule has 2 nitrogen and oxygen atoms in total. The molecule has 0 N–H and O–H groups in total. The van der Waals surface area contributed by atoms with Gasteiger partial charge in [0.25, 0.3) is 0 Å². The zero-order valence-corrected chi connectivity index (χ0v) is 20.2. The summed E-state index contributed by atoms with van der Waals surface area (Å²) in [5, 5.41) is 0. The van der Waals surface area contributed by atoms with Crippen LogP contribution in [-0.2, 0) is 0 Å². The van der Waals surface area contributed by atoms with Crippen LogP contribution in [0.2, 0.25) is 0 Å². The molecule has 5 heteroatoms. The lowest BCUT2D eigenvalue weighted by molar-refractivity contribution is 0.285. The number of ether oxygens (including phenoxy) is 2. The van der Waals surface area contributed by atoms with Gasteiger partial charge in [0.2, 0.25) is 5.82 Å². The first-order chi connectivity index (χ1) is 16.1. The monoisotopic (exact) mass is 464 g/mol. The minimum Gasteiger partial charge on any atom is -0.491 e. The van der Waals surface area contributed by atoms with Gasteiger partial charge in [-0.05, 0) is 42.7 Å². The van der Waals surface area contributed by atoms with Crippen molar-refractivity contribution in [1.82, 2.24) is 0 Å². The molecule has 0 saturated heterocycles. The Bertz CT molecular complexity index is 823. The van der Waals surface area contributed by atoms with Gasteiger partial charge >= 0.3 is 0 Å². The lowest BCUT2D eigenvalue weighted by Crippen LogP contribution is -2.02. The first-order valence-electron chi connectivity index (χ1n) is 12.6. The topological polar surface area (TPSA) is 18.5 Å². The lowest BCUT2D eigenvalue weighted by atomic mass is 10.0. The molecule has 0 aliphatic carbocycles. The van der Waals surface area contributed by atoms with E-state index in [0.29, 0.717) is 13.2 Å². The van der Waals surface area contributed by atoms with Crippen molar-refractivity contribution >= 4 is 0 Å². The molecule has 0 atom stereocenters. The van der Waals surface area contributed by atoms with E-state index < -0.39 is 17.5 Å². The van der Waals surface area contributed by atoms with Gasteiger partial charge in [-0.3, -0.25) is 0 Å². The van der Waals surface area contributed by atoms with E-state index in [1.807, 2.05) is 0 Å². The smallest absolute Gasteiger partial charge is 0.201 e. The Hall–Kier alpha value is -2.17. The molecule has 0 fully saturated rings. The van der Waals surface area contributed by atoms with Crippen molar-refractivity contribution in [3.8, 4) is 22.6 Å². The van der Waals surface area contributed by atoms with E-state index in [0.717, 1.165) is 38.5 Å². The van der Waals surface area contributed by atoms with Crippen molar-refractivity contribution in [3.63, 3.8) is 0 Å². The number of unbranched alkanes of at least 4 members (excludes halogenated alkanes) is 10. The van der Waals surface area contributed by atoms with Crippen LogP contribution in [0.5, 0.6) is 11.5 Å². The molecule has 0 heterocycles. The van der Waals surface area contributed by atoms with Crippen LogP contribution in [0.4, 0.5) is 13.2 Å².